The van der Waals surface area contributed by atoms with Crippen LogP contribution in [0.15, 0.2) is 4.99 Å². The lowest BCUT2D eigenvalue weighted by molar-refractivity contribution is 0.0137. The molecule has 0 radical (unpaired) electrons. The summed E-state index contributed by atoms with van der Waals surface area (Å²) >= 11 is 0. The minimum Gasteiger partial charge on any atom is -0.444 e. The number of rotatable bonds is 4. The SMILES string of the molecule is CC(C)(C)OC(=O)N1CCN2C(NCCN(C(=O)OC(C)(C)C)C3CC3)=NCC2C1.I. The predicted molar refractivity (Wildman–Crippen MR) is 130 cm³/mol. The van der Waals surface area contributed by atoms with Crippen LogP contribution < -0.4 is 5.32 Å². The van der Waals surface area contributed by atoms with Gasteiger partial charge in [-0.1, -0.05) is 0 Å². The molecule has 1 unspecified atom stereocenters. The Morgan fingerprint density at radius 3 is 2.32 bits per heavy atom. The van der Waals surface area contributed by atoms with Gasteiger partial charge in [0.25, 0.3) is 0 Å². The van der Waals surface area contributed by atoms with E-state index in [0.29, 0.717) is 39.3 Å². The van der Waals surface area contributed by atoms with Crippen molar-refractivity contribution in [2.24, 2.45) is 4.99 Å². The van der Waals surface area contributed by atoms with Crippen LogP contribution in [0.5, 0.6) is 0 Å². The molecule has 178 valence electrons. The van der Waals surface area contributed by atoms with Crippen LogP contribution in [0.25, 0.3) is 0 Å². The molecule has 0 spiro atoms. The average Bonchev–Trinajstić information content (AvgIpc) is 3.35. The van der Waals surface area contributed by atoms with E-state index in [9.17, 15) is 9.59 Å². The first kappa shape index (κ1) is 25.8. The molecule has 0 aromatic heterocycles. The lowest BCUT2D eigenvalue weighted by atomic mass is 10.2. The van der Waals surface area contributed by atoms with E-state index >= 15 is 0 Å². The van der Waals surface area contributed by atoms with E-state index in [2.05, 4.69) is 15.2 Å². The Bertz CT molecular complexity index is 684. The molecule has 0 aromatic rings. The van der Waals surface area contributed by atoms with E-state index in [1.165, 1.54) is 0 Å². The van der Waals surface area contributed by atoms with E-state index in [1.807, 2.05) is 46.4 Å². The topological polar surface area (TPSA) is 86.7 Å². The maximum atomic E-state index is 12.5. The normalized spacial score (nSPS) is 21.0. The number of carbonyl (C=O) groups excluding carboxylic acids is 2. The van der Waals surface area contributed by atoms with Gasteiger partial charge in [-0.3, -0.25) is 4.99 Å². The fraction of sp³-hybridized carbons (Fsp3) is 0.857. The fourth-order valence-electron chi connectivity index (χ4n) is 3.64. The Morgan fingerprint density at radius 1 is 1.10 bits per heavy atom. The molecule has 2 heterocycles. The van der Waals surface area contributed by atoms with Crippen LogP contribution >= 0.6 is 24.0 Å². The van der Waals surface area contributed by atoms with Crippen molar-refractivity contribution >= 4 is 42.1 Å². The van der Waals surface area contributed by atoms with E-state index in [1.54, 1.807) is 4.90 Å². The fourth-order valence-corrected chi connectivity index (χ4v) is 3.64. The van der Waals surface area contributed by atoms with Crippen LogP contribution in [-0.2, 0) is 9.47 Å². The molecule has 1 saturated carbocycles. The summed E-state index contributed by atoms with van der Waals surface area (Å²) < 4.78 is 11.0. The lowest BCUT2D eigenvalue weighted by Crippen LogP contribution is -2.58. The van der Waals surface area contributed by atoms with E-state index in [0.717, 1.165) is 18.8 Å². The summed E-state index contributed by atoms with van der Waals surface area (Å²) in [6, 6.07) is 0.455. The molecule has 2 fully saturated rings. The van der Waals surface area contributed by atoms with Crippen molar-refractivity contribution in [3.8, 4) is 0 Å². The molecule has 1 aliphatic carbocycles. The molecule has 1 atom stereocenters. The number of guanidine groups is 1. The van der Waals surface area contributed by atoms with Crippen molar-refractivity contribution in [1.29, 1.82) is 0 Å². The van der Waals surface area contributed by atoms with Crippen molar-refractivity contribution < 1.29 is 19.1 Å². The van der Waals surface area contributed by atoms with Crippen molar-refractivity contribution in [3.63, 3.8) is 0 Å². The van der Waals surface area contributed by atoms with Crippen molar-refractivity contribution in [3.05, 3.63) is 0 Å². The Hall–Kier alpha value is -1.46. The number of ether oxygens (including phenoxy) is 2. The highest BCUT2D eigenvalue weighted by molar-refractivity contribution is 14.0. The van der Waals surface area contributed by atoms with Gasteiger partial charge < -0.3 is 29.5 Å². The zero-order valence-corrected chi connectivity index (χ0v) is 22.0. The minimum atomic E-state index is -0.492. The van der Waals surface area contributed by atoms with Gasteiger partial charge in [0, 0.05) is 38.8 Å². The van der Waals surface area contributed by atoms with Gasteiger partial charge in [0.1, 0.15) is 11.2 Å². The van der Waals surface area contributed by atoms with Gasteiger partial charge in [-0.05, 0) is 54.4 Å². The van der Waals surface area contributed by atoms with Crippen molar-refractivity contribution in [1.82, 2.24) is 20.0 Å². The first-order valence-corrected chi connectivity index (χ1v) is 11.0. The molecule has 2 aliphatic heterocycles. The third-order valence-corrected chi connectivity index (χ3v) is 5.11. The highest BCUT2D eigenvalue weighted by atomic mass is 127. The summed E-state index contributed by atoms with van der Waals surface area (Å²) in [4.78, 5) is 35.3. The number of amides is 2. The molecule has 2 amide bonds. The second kappa shape index (κ2) is 9.99. The smallest absolute Gasteiger partial charge is 0.410 e. The number of hydrogen-bond donors (Lipinski definition) is 1. The summed E-state index contributed by atoms with van der Waals surface area (Å²) in [5, 5.41) is 3.39. The van der Waals surface area contributed by atoms with Crippen LogP contribution in [-0.4, -0.2) is 95.4 Å². The second-order valence-corrected chi connectivity index (χ2v) is 10.3. The number of nitrogens with one attached hydrogen (secondary N) is 1. The van der Waals surface area contributed by atoms with E-state index < -0.39 is 11.2 Å². The Morgan fingerprint density at radius 2 is 1.74 bits per heavy atom. The number of hydrogen-bond acceptors (Lipinski definition) is 7. The van der Waals surface area contributed by atoms with Gasteiger partial charge in [0.15, 0.2) is 5.96 Å². The highest BCUT2D eigenvalue weighted by Gasteiger charge is 2.37. The molecule has 3 rings (SSSR count). The Labute approximate surface area is 202 Å². The number of nitrogens with zero attached hydrogens (tertiary/aromatic N) is 4. The molecule has 1 saturated heterocycles. The van der Waals surface area contributed by atoms with Gasteiger partial charge in [0.2, 0.25) is 0 Å². The molecule has 1 N–H and O–H groups in total. The summed E-state index contributed by atoms with van der Waals surface area (Å²) in [5.74, 6) is 0.851. The summed E-state index contributed by atoms with van der Waals surface area (Å²) in [7, 11) is 0. The van der Waals surface area contributed by atoms with Gasteiger partial charge in [-0.15, -0.1) is 24.0 Å². The van der Waals surface area contributed by atoms with Crippen LogP contribution in [0.3, 0.4) is 0 Å². The molecule has 0 aromatic carbocycles. The maximum absolute atomic E-state index is 12.5. The van der Waals surface area contributed by atoms with Gasteiger partial charge >= 0.3 is 12.2 Å². The van der Waals surface area contributed by atoms with Crippen molar-refractivity contribution in [2.75, 3.05) is 39.3 Å². The standard InChI is InChI=1S/C21H37N5O4.HI/c1-20(2,3)29-18(27)24-11-12-25-16(14-24)13-23-17(25)22-9-10-26(15-7-8-15)19(28)30-21(4,5)6;/h15-16H,7-14H2,1-6H3,(H,22,23);1H. The summed E-state index contributed by atoms with van der Waals surface area (Å²) in [6.07, 6.45) is 1.56. The zero-order chi connectivity index (χ0) is 22.1. The average molecular weight is 551 g/mol. The van der Waals surface area contributed by atoms with E-state index in [4.69, 9.17) is 9.47 Å². The van der Waals surface area contributed by atoms with Crippen LogP contribution in [0, 0.1) is 0 Å². The first-order valence-electron chi connectivity index (χ1n) is 11.0. The third kappa shape index (κ3) is 7.57. The number of aliphatic imine (C=N–C) groups is 1. The lowest BCUT2D eigenvalue weighted by Gasteiger charge is -2.39. The number of halogens is 1. The first-order chi connectivity index (χ1) is 13.9. The summed E-state index contributed by atoms with van der Waals surface area (Å²) in [5.41, 5.74) is -0.983. The second-order valence-electron chi connectivity index (χ2n) is 10.3. The largest absolute Gasteiger partial charge is 0.444 e. The number of carbonyl (C=O) groups is 2. The molecular weight excluding hydrogens is 513 g/mol. The molecule has 10 heteroatoms. The molecule has 3 aliphatic rings. The molecule has 0 bridgehead atoms. The summed E-state index contributed by atoms with van der Waals surface area (Å²) in [6.45, 7) is 15.1. The molecule has 31 heavy (non-hydrogen) atoms. The number of piperazine rings is 1. The Kier molecular flexibility index (Phi) is 8.32. The quantitative estimate of drug-likeness (QED) is 0.541. The van der Waals surface area contributed by atoms with Crippen LogP contribution in [0.2, 0.25) is 0 Å². The van der Waals surface area contributed by atoms with Crippen LogP contribution in [0.1, 0.15) is 54.4 Å². The minimum absolute atomic E-state index is 0. The Balaban J connectivity index is 0.00000341. The zero-order valence-electron chi connectivity index (χ0n) is 19.6. The van der Waals surface area contributed by atoms with Crippen molar-refractivity contribution in [2.45, 2.75) is 77.7 Å². The van der Waals surface area contributed by atoms with E-state index in [-0.39, 0.29) is 48.2 Å². The van der Waals surface area contributed by atoms with Gasteiger partial charge in [0.05, 0.1) is 12.6 Å². The number of fused-ring (bicyclic) bond motifs is 1. The molecule has 9 nitrogen and oxygen atoms in total. The van der Waals surface area contributed by atoms with Gasteiger partial charge in [-0.25, -0.2) is 9.59 Å². The maximum Gasteiger partial charge on any atom is 0.410 e. The highest BCUT2D eigenvalue weighted by Crippen LogP contribution is 2.28. The third-order valence-electron chi connectivity index (χ3n) is 5.11. The van der Waals surface area contributed by atoms with Gasteiger partial charge in [-0.2, -0.15) is 0 Å². The predicted octanol–water partition coefficient (Wildman–Crippen LogP) is 2.88. The van der Waals surface area contributed by atoms with Crippen LogP contribution in [0.4, 0.5) is 9.59 Å². The monoisotopic (exact) mass is 551 g/mol. The molecular formula is C21H38IN5O4.